The number of nitrogens with one attached hydrogen (secondary N) is 2. The lowest BCUT2D eigenvalue weighted by Crippen LogP contribution is -2.17. The molecule has 0 unspecified atom stereocenters. The fourth-order valence-corrected chi connectivity index (χ4v) is 1.70. The van der Waals surface area contributed by atoms with Crippen molar-refractivity contribution < 1.29 is 4.79 Å². The van der Waals surface area contributed by atoms with Gasteiger partial charge in [-0.3, -0.25) is 4.57 Å². The van der Waals surface area contributed by atoms with Crippen molar-refractivity contribution in [3.8, 4) is 0 Å². The zero-order valence-corrected chi connectivity index (χ0v) is 8.92. The van der Waals surface area contributed by atoms with Crippen molar-refractivity contribution in [2.45, 2.75) is 0 Å². The Kier molecular flexibility index (Phi) is 2.15. The maximum atomic E-state index is 11.8. The molecule has 0 radical (unpaired) electrons. The van der Waals surface area contributed by atoms with E-state index in [1.165, 1.54) is 10.9 Å². The predicted molar refractivity (Wildman–Crippen MR) is 64.9 cm³/mol. The van der Waals surface area contributed by atoms with Crippen molar-refractivity contribution in [3.63, 3.8) is 0 Å². The molecule has 0 saturated heterocycles. The van der Waals surface area contributed by atoms with E-state index in [2.05, 4.69) is 15.3 Å². The van der Waals surface area contributed by atoms with Crippen LogP contribution in [0.15, 0.2) is 49.2 Å². The maximum absolute atomic E-state index is 11.8. The monoisotopic (exact) mass is 226 g/mol. The topological polar surface area (TPSA) is 62.7 Å². The Morgan fingerprint density at radius 3 is 3.12 bits per heavy atom. The molecule has 5 nitrogen and oxygen atoms in total. The van der Waals surface area contributed by atoms with E-state index in [-0.39, 0.29) is 6.03 Å². The minimum Gasteiger partial charge on any atom is -0.361 e. The molecule has 2 N–H and O–H groups in total. The molecule has 0 atom stereocenters. The molecule has 0 bridgehead atoms. The van der Waals surface area contributed by atoms with Crippen LogP contribution in [-0.4, -0.2) is 20.6 Å². The van der Waals surface area contributed by atoms with Gasteiger partial charge in [-0.1, -0.05) is 0 Å². The van der Waals surface area contributed by atoms with Crippen molar-refractivity contribution in [2.24, 2.45) is 0 Å². The van der Waals surface area contributed by atoms with Crippen LogP contribution in [0, 0.1) is 0 Å². The highest BCUT2D eigenvalue weighted by molar-refractivity contribution is 5.93. The van der Waals surface area contributed by atoms with Crippen LogP contribution in [0.2, 0.25) is 0 Å². The largest absolute Gasteiger partial charge is 0.361 e. The van der Waals surface area contributed by atoms with Gasteiger partial charge >= 0.3 is 6.03 Å². The van der Waals surface area contributed by atoms with Crippen LogP contribution in [0.1, 0.15) is 0 Å². The minimum absolute atomic E-state index is 0.225. The number of imidazole rings is 1. The van der Waals surface area contributed by atoms with Crippen LogP contribution in [0.4, 0.5) is 10.5 Å². The summed E-state index contributed by atoms with van der Waals surface area (Å²) in [5.74, 6) is 0. The third-order valence-corrected chi connectivity index (χ3v) is 2.54. The number of rotatable bonds is 1. The number of hydrogen-bond donors (Lipinski definition) is 2. The number of aromatic nitrogens is 3. The van der Waals surface area contributed by atoms with Crippen LogP contribution in [0.3, 0.4) is 0 Å². The highest BCUT2D eigenvalue weighted by Gasteiger charge is 2.04. The van der Waals surface area contributed by atoms with E-state index in [9.17, 15) is 4.79 Å². The van der Waals surface area contributed by atoms with Gasteiger partial charge in [0.15, 0.2) is 0 Å². The van der Waals surface area contributed by atoms with E-state index in [1.807, 2.05) is 30.5 Å². The summed E-state index contributed by atoms with van der Waals surface area (Å²) >= 11 is 0. The maximum Gasteiger partial charge on any atom is 0.331 e. The number of hydrogen-bond acceptors (Lipinski definition) is 2. The summed E-state index contributed by atoms with van der Waals surface area (Å²) in [6.45, 7) is 0. The zero-order chi connectivity index (χ0) is 11.7. The Morgan fingerprint density at radius 1 is 1.35 bits per heavy atom. The van der Waals surface area contributed by atoms with E-state index >= 15 is 0 Å². The van der Waals surface area contributed by atoms with Gasteiger partial charge in [-0.2, -0.15) is 0 Å². The molecular formula is C12H10N4O. The molecule has 0 aliphatic heterocycles. The van der Waals surface area contributed by atoms with Crippen LogP contribution < -0.4 is 5.32 Å². The first kappa shape index (κ1) is 9.65. The second kappa shape index (κ2) is 3.79. The van der Waals surface area contributed by atoms with Gasteiger partial charge in [-0.25, -0.2) is 9.78 Å². The van der Waals surface area contributed by atoms with E-state index in [4.69, 9.17) is 0 Å². The molecule has 17 heavy (non-hydrogen) atoms. The van der Waals surface area contributed by atoms with Gasteiger partial charge in [0.2, 0.25) is 0 Å². The number of carbonyl (C=O) groups is 1. The van der Waals surface area contributed by atoms with E-state index in [0.717, 1.165) is 16.6 Å². The summed E-state index contributed by atoms with van der Waals surface area (Å²) in [6.07, 6.45) is 6.50. The second-order valence-electron chi connectivity index (χ2n) is 3.68. The molecule has 0 fully saturated rings. The summed E-state index contributed by atoms with van der Waals surface area (Å²) in [6, 6.07) is 7.44. The first-order valence-electron chi connectivity index (χ1n) is 5.19. The third kappa shape index (κ3) is 1.78. The Balaban J connectivity index is 1.87. The molecule has 5 heteroatoms. The Morgan fingerprint density at radius 2 is 2.29 bits per heavy atom. The van der Waals surface area contributed by atoms with E-state index in [1.54, 1.807) is 12.4 Å². The van der Waals surface area contributed by atoms with Crippen LogP contribution in [0.5, 0.6) is 0 Å². The van der Waals surface area contributed by atoms with Crippen LogP contribution in [-0.2, 0) is 0 Å². The molecule has 0 spiro atoms. The van der Waals surface area contributed by atoms with Crippen molar-refractivity contribution >= 4 is 22.6 Å². The smallest absolute Gasteiger partial charge is 0.331 e. The molecule has 84 valence electrons. The number of fused-ring (bicyclic) bond motifs is 1. The summed E-state index contributed by atoms with van der Waals surface area (Å²) in [7, 11) is 0. The average Bonchev–Trinajstić information content (AvgIpc) is 2.99. The van der Waals surface area contributed by atoms with Gasteiger partial charge in [0.25, 0.3) is 0 Å². The molecular weight excluding hydrogens is 216 g/mol. The normalized spacial score (nSPS) is 10.6. The number of benzene rings is 1. The lowest BCUT2D eigenvalue weighted by atomic mass is 10.2. The summed E-state index contributed by atoms with van der Waals surface area (Å²) in [5, 5.41) is 3.86. The van der Waals surface area contributed by atoms with Crippen LogP contribution in [0.25, 0.3) is 10.9 Å². The van der Waals surface area contributed by atoms with Gasteiger partial charge in [0.05, 0.1) is 0 Å². The van der Waals surface area contributed by atoms with E-state index < -0.39 is 0 Å². The van der Waals surface area contributed by atoms with Crippen molar-refractivity contribution in [3.05, 3.63) is 49.2 Å². The molecule has 2 aromatic heterocycles. The highest BCUT2D eigenvalue weighted by atomic mass is 16.2. The number of aromatic amines is 1. The average molecular weight is 226 g/mol. The number of carbonyl (C=O) groups excluding carboxylic acids is 1. The quantitative estimate of drug-likeness (QED) is 0.669. The minimum atomic E-state index is -0.225. The number of amides is 1. The number of H-pyrrole nitrogens is 1. The molecule has 2 heterocycles. The fourth-order valence-electron chi connectivity index (χ4n) is 1.70. The standard InChI is InChI=1S/C12H10N4O/c17-12(16-6-5-13-8-16)15-10-1-2-11-9(7-10)3-4-14-11/h1-8,14H,(H,15,17). The second-order valence-corrected chi connectivity index (χ2v) is 3.68. The van der Waals surface area contributed by atoms with Gasteiger partial charge in [-0.05, 0) is 24.3 Å². The zero-order valence-electron chi connectivity index (χ0n) is 8.92. The van der Waals surface area contributed by atoms with E-state index in [0.29, 0.717) is 0 Å². The van der Waals surface area contributed by atoms with Gasteiger partial charge in [-0.15, -0.1) is 0 Å². The van der Waals surface area contributed by atoms with Crippen molar-refractivity contribution in [1.82, 2.24) is 14.5 Å². The third-order valence-electron chi connectivity index (χ3n) is 2.54. The van der Waals surface area contributed by atoms with Crippen molar-refractivity contribution in [1.29, 1.82) is 0 Å². The predicted octanol–water partition coefficient (Wildman–Crippen LogP) is 2.44. The van der Waals surface area contributed by atoms with Gasteiger partial charge in [0, 0.05) is 35.2 Å². The Bertz CT molecular complexity index is 654. The summed E-state index contributed by atoms with van der Waals surface area (Å²) in [5.41, 5.74) is 1.81. The Hall–Kier alpha value is -2.56. The molecule has 0 saturated carbocycles. The first-order valence-corrected chi connectivity index (χ1v) is 5.19. The Labute approximate surface area is 97.1 Å². The molecule has 3 aromatic rings. The lowest BCUT2D eigenvalue weighted by molar-refractivity contribution is 0.253. The summed E-state index contributed by atoms with van der Waals surface area (Å²) < 4.78 is 1.39. The molecule has 1 amide bonds. The SMILES string of the molecule is O=C(Nc1ccc2[nH]ccc2c1)n1ccnc1. The fraction of sp³-hybridized carbons (Fsp3) is 0. The number of anilines is 1. The van der Waals surface area contributed by atoms with Crippen molar-refractivity contribution in [2.75, 3.05) is 5.32 Å². The number of nitrogens with zero attached hydrogens (tertiary/aromatic N) is 2. The molecule has 0 aliphatic carbocycles. The van der Waals surface area contributed by atoms with Crippen LogP contribution >= 0.6 is 0 Å². The molecule has 1 aromatic carbocycles. The molecule has 3 rings (SSSR count). The van der Waals surface area contributed by atoms with Gasteiger partial charge < -0.3 is 10.3 Å². The molecule has 0 aliphatic rings. The lowest BCUT2D eigenvalue weighted by Gasteiger charge is -2.05. The van der Waals surface area contributed by atoms with Gasteiger partial charge in [0.1, 0.15) is 6.33 Å². The first-order chi connectivity index (χ1) is 8.33. The summed E-state index contributed by atoms with van der Waals surface area (Å²) in [4.78, 5) is 18.7. The highest BCUT2D eigenvalue weighted by Crippen LogP contribution is 2.17.